The average molecular weight is 480 g/mol. The molecule has 178 valence electrons. The van der Waals surface area contributed by atoms with E-state index in [9.17, 15) is 4.79 Å². The highest BCUT2D eigenvalue weighted by molar-refractivity contribution is 6.31. The lowest BCUT2D eigenvalue weighted by Crippen LogP contribution is -2.40. The molecule has 0 fully saturated rings. The molecule has 3 aromatic rings. The van der Waals surface area contributed by atoms with E-state index in [0.29, 0.717) is 23.1 Å². The van der Waals surface area contributed by atoms with E-state index >= 15 is 0 Å². The highest BCUT2D eigenvalue weighted by Gasteiger charge is 2.47. The smallest absolute Gasteiger partial charge is 0.303 e. The fourth-order valence-corrected chi connectivity index (χ4v) is 4.82. The zero-order valence-corrected chi connectivity index (χ0v) is 20.9. The van der Waals surface area contributed by atoms with Crippen LogP contribution in [-0.2, 0) is 16.1 Å². The Labute approximate surface area is 206 Å². The molecule has 1 N–H and O–H groups in total. The molecule has 0 amide bonds. The first kappa shape index (κ1) is 24.0. The number of fused-ring (bicyclic) bond motifs is 1. The molecule has 0 bridgehead atoms. The third kappa shape index (κ3) is 4.58. The Morgan fingerprint density at radius 1 is 1.06 bits per heavy atom. The summed E-state index contributed by atoms with van der Waals surface area (Å²) in [4.78, 5) is 12.1. The second-order valence-corrected chi connectivity index (χ2v) is 9.64. The molecular formula is C28H30ClNO4. The summed E-state index contributed by atoms with van der Waals surface area (Å²) in [6, 6.07) is 19.4. The number of esters is 1. The van der Waals surface area contributed by atoms with Crippen LogP contribution in [-0.4, -0.2) is 13.1 Å². The summed E-state index contributed by atoms with van der Waals surface area (Å²) in [7, 11) is 1.63. The summed E-state index contributed by atoms with van der Waals surface area (Å²) in [6.45, 7) is 7.98. The van der Waals surface area contributed by atoms with Gasteiger partial charge in [-0.3, -0.25) is 4.79 Å². The SMILES string of the molecule is COc1cccc([C@H]2Nc3ccc(C)cc3[C@H](OC(C)=O)C2(C)C)c1OCc1ccccc1Cl. The van der Waals surface area contributed by atoms with Gasteiger partial charge in [0, 0.05) is 39.7 Å². The highest BCUT2D eigenvalue weighted by atomic mass is 35.5. The van der Waals surface area contributed by atoms with Gasteiger partial charge in [-0.15, -0.1) is 0 Å². The molecule has 5 nitrogen and oxygen atoms in total. The van der Waals surface area contributed by atoms with Crippen molar-refractivity contribution in [3.8, 4) is 11.5 Å². The lowest BCUT2D eigenvalue weighted by atomic mass is 9.70. The van der Waals surface area contributed by atoms with Gasteiger partial charge in [0.1, 0.15) is 12.7 Å². The minimum Gasteiger partial charge on any atom is -0.493 e. The molecular weight excluding hydrogens is 450 g/mol. The molecule has 0 radical (unpaired) electrons. The molecule has 3 aromatic carbocycles. The number of para-hydroxylation sites is 1. The van der Waals surface area contributed by atoms with E-state index in [1.165, 1.54) is 6.92 Å². The number of rotatable bonds is 6. The highest BCUT2D eigenvalue weighted by Crippen LogP contribution is 2.55. The number of hydrogen-bond donors (Lipinski definition) is 1. The Morgan fingerprint density at radius 2 is 1.82 bits per heavy atom. The number of aryl methyl sites for hydroxylation is 1. The van der Waals surface area contributed by atoms with Gasteiger partial charge in [0.05, 0.1) is 13.2 Å². The Morgan fingerprint density at radius 3 is 2.53 bits per heavy atom. The summed E-state index contributed by atoms with van der Waals surface area (Å²) in [5.74, 6) is 0.945. The summed E-state index contributed by atoms with van der Waals surface area (Å²) in [5, 5.41) is 4.33. The maximum Gasteiger partial charge on any atom is 0.303 e. The Balaban J connectivity index is 1.79. The quantitative estimate of drug-likeness (QED) is 0.384. The van der Waals surface area contributed by atoms with Crippen molar-refractivity contribution >= 4 is 23.3 Å². The summed E-state index contributed by atoms with van der Waals surface area (Å²) < 4.78 is 17.9. The molecule has 1 aliphatic heterocycles. The Kier molecular flexibility index (Phi) is 6.76. The summed E-state index contributed by atoms with van der Waals surface area (Å²) >= 11 is 6.36. The molecule has 6 heteroatoms. The number of anilines is 1. The van der Waals surface area contributed by atoms with Gasteiger partial charge in [0.25, 0.3) is 0 Å². The maximum atomic E-state index is 12.1. The van der Waals surface area contributed by atoms with Crippen LogP contribution < -0.4 is 14.8 Å². The molecule has 4 rings (SSSR count). The van der Waals surface area contributed by atoms with Crippen molar-refractivity contribution in [2.24, 2.45) is 5.41 Å². The summed E-state index contributed by atoms with van der Waals surface area (Å²) in [5.41, 5.74) is 4.31. The van der Waals surface area contributed by atoms with E-state index in [0.717, 1.165) is 27.9 Å². The van der Waals surface area contributed by atoms with Crippen molar-refractivity contribution in [1.82, 2.24) is 0 Å². The van der Waals surface area contributed by atoms with E-state index < -0.39 is 11.5 Å². The van der Waals surface area contributed by atoms with E-state index in [1.54, 1.807) is 7.11 Å². The molecule has 2 atom stereocenters. The second-order valence-electron chi connectivity index (χ2n) is 9.24. The second kappa shape index (κ2) is 9.59. The third-order valence-electron chi connectivity index (χ3n) is 6.36. The van der Waals surface area contributed by atoms with Crippen LogP contribution in [0.2, 0.25) is 5.02 Å². The first-order valence-electron chi connectivity index (χ1n) is 11.3. The van der Waals surface area contributed by atoms with E-state index in [1.807, 2.05) is 61.5 Å². The summed E-state index contributed by atoms with van der Waals surface area (Å²) in [6.07, 6.45) is -0.436. The first-order chi connectivity index (χ1) is 16.2. The number of carbonyl (C=O) groups excluding carboxylic acids is 1. The van der Waals surface area contributed by atoms with Crippen LogP contribution in [0.4, 0.5) is 5.69 Å². The van der Waals surface area contributed by atoms with Gasteiger partial charge in [-0.25, -0.2) is 0 Å². The zero-order chi connectivity index (χ0) is 24.5. The molecule has 0 spiro atoms. The van der Waals surface area contributed by atoms with Crippen molar-refractivity contribution in [2.45, 2.75) is 46.4 Å². The normalized spacial score (nSPS) is 18.4. The van der Waals surface area contributed by atoms with E-state index in [2.05, 4.69) is 25.2 Å². The van der Waals surface area contributed by atoms with Crippen LogP contribution in [0.1, 0.15) is 55.2 Å². The molecule has 34 heavy (non-hydrogen) atoms. The predicted octanol–water partition coefficient (Wildman–Crippen LogP) is 7.03. The molecule has 0 saturated heterocycles. The number of benzene rings is 3. The largest absolute Gasteiger partial charge is 0.493 e. The lowest BCUT2D eigenvalue weighted by Gasteiger charge is -2.46. The van der Waals surface area contributed by atoms with Crippen molar-refractivity contribution in [3.63, 3.8) is 0 Å². The molecule has 0 saturated carbocycles. The number of halogens is 1. The fourth-order valence-electron chi connectivity index (χ4n) is 4.62. The minimum atomic E-state index is -0.499. The molecule has 0 aromatic heterocycles. The van der Waals surface area contributed by atoms with Crippen LogP contribution in [0.3, 0.4) is 0 Å². The van der Waals surface area contributed by atoms with Crippen molar-refractivity contribution in [2.75, 3.05) is 12.4 Å². The van der Waals surface area contributed by atoms with Gasteiger partial charge >= 0.3 is 5.97 Å². The molecule has 1 heterocycles. The zero-order valence-electron chi connectivity index (χ0n) is 20.1. The van der Waals surface area contributed by atoms with Crippen LogP contribution >= 0.6 is 11.6 Å². The van der Waals surface area contributed by atoms with Crippen LogP contribution in [0, 0.1) is 12.3 Å². The van der Waals surface area contributed by atoms with Gasteiger partial charge in [0.15, 0.2) is 11.5 Å². The monoisotopic (exact) mass is 479 g/mol. The van der Waals surface area contributed by atoms with Gasteiger partial charge in [-0.05, 0) is 25.1 Å². The molecule has 1 aliphatic rings. The van der Waals surface area contributed by atoms with Gasteiger partial charge in [0.2, 0.25) is 0 Å². The number of ether oxygens (including phenoxy) is 3. The standard InChI is InChI=1S/C28H30ClNO4/c1-17-13-14-23-21(15-17)27(34-18(2)31)28(3,4)26(30-23)20-10-8-12-24(32-5)25(20)33-16-19-9-6-7-11-22(19)29/h6-15,26-27,30H,16H2,1-5H3/t26-,27+/m1/s1. The van der Waals surface area contributed by atoms with Crippen LogP contribution in [0.5, 0.6) is 11.5 Å². The topological polar surface area (TPSA) is 56.8 Å². The van der Waals surface area contributed by atoms with Crippen molar-refractivity contribution in [1.29, 1.82) is 0 Å². The van der Waals surface area contributed by atoms with E-state index in [-0.39, 0.29) is 12.0 Å². The van der Waals surface area contributed by atoms with Crippen LogP contribution in [0.15, 0.2) is 60.7 Å². The number of nitrogens with one attached hydrogen (secondary N) is 1. The predicted molar refractivity (Wildman–Crippen MR) is 135 cm³/mol. The van der Waals surface area contributed by atoms with Crippen molar-refractivity contribution < 1.29 is 19.0 Å². The van der Waals surface area contributed by atoms with Crippen LogP contribution in [0.25, 0.3) is 0 Å². The van der Waals surface area contributed by atoms with Crippen molar-refractivity contribution in [3.05, 3.63) is 87.9 Å². The first-order valence-corrected chi connectivity index (χ1v) is 11.7. The molecule has 0 unspecified atom stereocenters. The van der Waals surface area contributed by atoms with Gasteiger partial charge in [-0.2, -0.15) is 0 Å². The number of carbonyl (C=O) groups is 1. The van der Waals surface area contributed by atoms with E-state index in [4.69, 9.17) is 25.8 Å². The minimum absolute atomic E-state index is 0.219. The van der Waals surface area contributed by atoms with Gasteiger partial charge in [-0.1, -0.05) is 73.5 Å². The third-order valence-corrected chi connectivity index (χ3v) is 6.73. The lowest BCUT2D eigenvalue weighted by molar-refractivity contribution is -0.154. The number of hydrogen-bond acceptors (Lipinski definition) is 5. The number of methoxy groups -OCH3 is 1. The molecule has 0 aliphatic carbocycles. The average Bonchev–Trinajstić information content (AvgIpc) is 2.80. The Hall–Kier alpha value is -3.18. The maximum absolute atomic E-state index is 12.1. The Bertz CT molecular complexity index is 1210. The van der Waals surface area contributed by atoms with Gasteiger partial charge < -0.3 is 19.5 Å². The fraction of sp³-hybridized carbons (Fsp3) is 0.321.